The van der Waals surface area contributed by atoms with Crippen LogP contribution >= 0.6 is 15.9 Å². The fourth-order valence-corrected chi connectivity index (χ4v) is 2.70. The van der Waals surface area contributed by atoms with E-state index in [1.165, 1.54) is 11.0 Å². The van der Waals surface area contributed by atoms with E-state index >= 15 is 0 Å². The molecular formula is C12H13BrN2O3. The van der Waals surface area contributed by atoms with E-state index in [1.807, 2.05) is 0 Å². The zero-order valence-electron chi connectivity index (χ0n) is 9.60. The zero-order chi connectivity index (χ0) is 13.3. The highest BCUT2D eigenvalue weighted by Crippen LogP contribution is 2.34. The molecule has 6 heteroatoms. The molecule has 1 aromatic carbocycles. The van der Waals surface area contributed by atoms with Gasteiger partial charge in [-0.05, 0) is 40.5 Å². The first kappa shape index (κ1) is 13.0. The molecule has 1 fully saturated rings. The van der Waals surface area contributed by atoms with Crippen molar-refractivity contribution >= 4 is 33.5 Å². The Morgan fingerprint density at radius 1 is 1.56 bits per heavy atom. The van der Waals surface area contributed by atoms with E-state index in [0.717, 1.165) is 0 Å². The molecule has 1 heterocycles. The molecule has 2 rings (SSSR count). The molecule has 3 N–H and O–H groups in total. The van der Waals surface area contributed by atoms with Gasteiger partial charge in [0.15, 0.2) is 0 Å². The number of rotatable bonds is 3. The third-order valence-electron chi connectivity index (χ3n) is 3.03. The van der Waals surface area contributed by atoms with E-state index in [4.69, 9.17) is 5.73 Å². The third kappa shape index (κ3) is 2.26. The van der Waals surface area contributed by atoms with Crippen LogP contribution in [0.3, 0.4) is 0 Å². The molecule has 1 aromatic rings. The lowest BCUT2D eigenvalue weighted by molar-refractivity contribution is -0.117. The smallest absolute Gasteiger partial charge is 0.337 e. The Morgan fingerprint density at radius 2 is 2.28 bits per heavy atom. The molecule has 0 aliphatic carbocycles. The van der Waals surface area contributed by atoms with E-state index in [0.29, 0.717) is 29.7 Å². The average molecular weight is 313 g/mol. The second kappa shape index (κ2) is 5.07. The number of para-hydroxylation sites is 1. The van der Waals surface area contributed by atoms with Gasteiger partial charge in [-0.15, -0.1) is 0 Å². The number of aromatic carboxylic acids is 1. The Labute approximate surface area is 113 Å². The zero-order valence-corrected chi connectivity index (χ0v) is 11.2. The van der Waals surface area contributed by atoms with Gasteiger partial charge in [0.25, 0.3) is 0 Å². The minimum Gasteiger partial charge on any atom is -0.478 e. The van der Waals surface area contributed by atoms with Crippen molar-refractivity contribution in [3.05, 3.63) is 28.2 Å². The Balaban J connectivity index is 2.45. The van der Waals surface area contributed by atoms with Crippen LogP contribution in [0.5, 0.6) is 0 Å². The highest BCUT2D eigenvalue weighted by atomic mass is 79.9. The van der Waals surface area contributed by atoms with Crippen molar-refractivity contribution in [2.45, 2.75) is 6.42 Å². The minimum absolute atomic E-state index is 0.0835. The molecule has 1 atom stereocenters. The normalized spacial score (nSPS) is 19.3. The van der Waals surface area contributed by atoms with Crippen LogP contribution in [0.25, 0.3) is 0 Å². The monoisotopic (exact) mass is 312 g/mol. The molecule has 1 aliphatic heterocycles. The largest absolute Gasteiger partial charge is 0.478 e. The van der Waals surface area contributed by atoms with Crippen LogP contribution < -0.4 is 10.6 Å². The van der Waals surface area contributed by atoms with Gasteiger partial charge in [0.05, 0.1) is 11.3 Å². The lowest BCUT2D eigenvalue weighted by atomic mass is 10.1. The second-order valence-electron chi connectivity index (χ2n) is 4.25. The fraction of sp³-hybridized carbons (Fsp3) is 0.333. The number of carboxylic acid groups (broad SMARTS) is 1. The van der Waals surface area contributed by atoms with E-state index in [9.17, 15) is 14.7 Å². The summed E-state index contributed by atoms with van der Waals surface area (Å²) in [6.45, 7) is 0.896. The molecule has 1 unspecified atom stereocenters. The first-order valence-electron chi connectivity index (χ1n) is 5.56. The van der Waals surface area contributed by atoms with Crippen LogP contribution in [-0.4, -0.2) is 30.1 Å². The Hall–Kier alpha value is -1.40. The predicted octanol–water partition coefficient (Wildman–Crippen LogP) is 1.46. The van der Waals surface area contributed by atoms with Crippen LogP contribution in [0, 0.1) is 5.92 Å². The minimum atomic E-state index is -1.05. The summed E-state index contributed by atoms with van der Waals surface area (Å²) in [4.78, 5) is 24.6. The van der Waals surface area contributed by atoms with E-state index in [1.54, 1.807) is 12.1 Å². The van der Waals surface area contributed by atoms with E-state index < -0.39 is 5.97 Å². The molecule has 1 amide bonds. The molecule has 18 heavy (non-hydrogen) atoms. The third-order valence-corrected chi connectivity index (χ3v) is 3.67. The maximum absolute atomic E-state index is 11.9. The molecule has 0 bridgehead atoms. The molecule has 0 radical (unpaired) electrons. The maximum Gasteiger partial charge on any atom is 0.337 e. The number of carboxylic acids is 1. The SMILES string of the molecule is NCC1CC(=O)N(c2c(Br)cccc2C(=O)O)C1. The van der Waals surface area contributed by atoms with Gasteiger partial charge in [0, 0.05) is 17.4 Å². The summed E-state index contributed by atoms with van der Waals surface area (Å²) < 4.78 is 0.605. The molecule has 1 saturated heterocycles. The maximum atomic E-state index is 11.9. The van der Waals surface area contributed by atoms with Gasteiger partial charge in [0.1, 0.15) is 0 Å². The Bertz CT molecular complexity index is 504. The van der Waals surface area contributed by atoms with Crippen molar-refractivity contribution < 1.29 is 14.7 Å². The highest BCUT2D eigenvalue weighted by molar-refractivity contribution is 9.10. The number of carbonyl (C=O) groups is 2. The summed E-state index contributed by atoms with van der Waals surface area (Å²) in [5.41, 5.74) is 6.11. The first-order valence-corrected chi connectivity index (χ1v) is 6.36. The number of halogens is 1. The van der Waals surface area contributed by atoms with Gasteiger partial charge in [0.2, 0.25) is 5.91 Å². The molecular weight excluding hydrogens is 300 g/mol. The Kier molecular flexibility index (Phi) is 3.68. The summed E-state index contributed by atoms with van der Waals surface area (Å²) in [5.74, 6) is -1.04. The van der Waals surface area contributed by atoms with Crippen LogP contribution in [-0.2, 0) is 4.79 Å². The number of nitrogens with two attached hydrogens (primary N) is 1. The van der Waals surface area contributed by atoms with Crippen molar-refractivity contribution in [2.24, 2.45) is 11.7 Å². The summed E-state index contributed by atoms with van der Waals surface area (Å²) in [6.07, 6.45) is 0.372. The van der Waals surface area contributed by atoms with Crippen molar-refractivity contribution in [1.29, 1.82) is 0 Å². The molecule has 5 nitrogen and oxygen atoms in total. The van der Waals surface area contributed by atoms with Gasteiger partial charge in [-0.3, -0.25) is 4.79 Å². The van der Waals surface area contributed by atoms with E-state index in [-0.39, 0.29) is 17.4 Å². The van der Waals surface area contributed by atoms with Gasteiger partial charge in [-0.25, -0.2) is 4.79 Å². The number of carbonyl (C=O) groups excluding carboxylic acids is 1. The van der Waals surface area contributed by atoms with Crippen LogP contribution in [0.1, 0.15) is 16.8 Å². The number of benzene rings is 1. The van der Waals surface area contributed by atoms with Crippen molar-refractivity contribution in [3.63, 3.8) is 0 Å². The van der Waals surface area contributed by atoms with Gasteiger partial charge >= 0.3 is 5.97 Å². The lowest BCUT2D eigenvalue weighted by Crippen LogP contribution is -2.28. The molecule has 96 valence electrons. The predicted molar refractivity (Wildman–Crippen MR) is 70.6 cm³/mol. The lowest BCUT2D eigenvalue weighted by Gasteiger charge is -2.20. The van der Waals surface area contributed by atoms with Crippen LogP contribution in [0.15, 0.2) is 22.7 Å². The van der Waals surface area contributed by atoms with Crippen molar-refractivity contribution in [3.8, 4) is 0 Å². The number of nitrogens with zero attached hydrogens (tertiary/aromatic N) is 1. The van der Waals surface area contributed by atoms with E-state index in [2.05, 4.69) is 15.9 Å². The highest BCUT2D eigenvalue weighted by Gasteiger charge is 2.33. The summed E-state index contributed by atoms with van der Waals surface area (Å²) >= 11 is 3.31. The summed E-state index contributed by atoms with van der Waals surface area (Å²) in [5, 5.41) is 9.18. The van der Waals surface area contributed by atoms with Crippen LogP contribution in [0.2, 0.25) is 0 Å². The number of anilines is 1. The summed E-state index contributed by atoms with van der Waals surface area (Å²) in [6, 6.07) is 4.86. The standard InChI is InChI=1S/C12H13BrN2O3/c13-9-3-1-2-8(12(17)18)11(9)15-6-7(5-14)4-10(15)16/h1-3,7H,4-6,14H2,(H,17,18). The number of amides is 1. The second-order valence-corrected chi connectivity index (χ2v) is 5.11. The molecule has 0 saturated carbocycles. The summed E-state index contributed by atoms with van der Waals surface area (Å²) in [7, 11) is 0. The quantitative estimate of drug-likeness (QED) is 0.885. The van der Waals surface area contributed by atoms with Gasteiger partial charge < -0.3 is 15.7 Å². The average Bonchev–Trinajstić information content (AvgIpc) is 2.70. The Morgan fingerprint density at radius 3 is 2.83 bits per heavy atom. The van der Waals surface area contributed by atoms with Crippen molar-refractivity contribution in [1.82, 2.24) is 0 Å². The van der Waals surface area contributed by atoms with Crippen molar-refractivity contribution in [2.75, 3.05) is 18.0 Å². The molecule has 0 spiro atoms. The number of hydrogen-bond donors (Lipinski definition) is 2. The first-order chi connectivity index (χ1) is 8.54. The fourth-order valence-electron chi connectivity index (χ4n) is 2.12. The van der Waals surface area contributed by atoms with Gasteiger partial charge in [-0.2, -0.15) is 0 Å². The molecule has 1 aliphatic rings. The molecule has 0 aromatic heterocycles. The topological polar surface area (TPSA) is 83.6 Å². The number of hydrogen-bond acceptors (Lipinski definition) is 3. The van der Waals surface area contributed by atoms with Gasteiger partial charge in [-0.1, -0.05) is 6.07 Å². The van der Waals surface area contributed by atoms with Crippen LogP contribution in [0.4, 0.5) is 5.69 Å².